The minimum Gasteiger partial charge on any atom is -0.461 e. The fourth-order valence-electron chi connectivity index (χ4n) is 2.12. The molecule has 3 rings (SSSR count). The first kappa shape index (κ1) is 17.6. The van der Waals surface area contributed by atoms with Crippen LogP contribution < -0.4 is 5.32 Å². The lowest BCUT2D eigenvalue weighted by molar-refractivity contribution is -0.387. The van der Waals surface area contributed by atoms with Crippen molar-refractivity contribution in [3.05, 3.63) is 52.5 Å². The second-order valence-electron chi connectivity index (χ2n) is 5.10. The second kappa shape index (κ2) is 7.35. The van der Waals surface area contributed by atoms with Crippen molar-refractivity contribution in [3.63, 3.8) is 0 Å². The standard InChI is InChI=1S/C15H12FN5O4S/c1-20-14(12-3-2-6-25-12)18-19-15(20)26-8-13(22)17-9-4-5-10(16)11(7-9)21(23)24/h2-7H,8H2,1H3,(H,17,22). The van der Waals surface area contributed by atoms with E-state index in [4.69, 9.17) is 4.42 Å². The normalized spacial score (nSPS) is 10.7. The van der Waals surface area contributed by atoms with Gasteiger partial charge in [0.1, 0.15) is 0 Å². The van der Waals surface area contributed by atoms with Crippen LogP contribution in [0.5, 0.6) is 0 Å². The van der Waals surface area contributed by atoms with Gasteiger partial charge in [0.15, 0.2) is 16.7 Å². The number of carbonyl (C=O) groups is 1. The first-order chi connectivity index (χ1) is 12.5. The predicted molar refractivity (Wildman–Crippen MR) is 91.1 cm³/mol. The van der Waals surface area contributed by atoms with Gasteiger partial charge in [-0.2, -0.15) is 4.39 Å². The van der Waals surface area contributed by atoms with Gasteiger partial charge in [-0.25, -0.2) is 0 Å². The van der Waals surface area contributed by atoms with E-state index in [-0.39, 0.29) is 11.4 Å². The van der Waals surface area contributed by atoms with Crippen molar-refractivity contribution < 1.29 is 18.5 Å². The number of anilines is 1. The van der Waals surface area contributed by atoms with Crippen molar-refractivity contribution in [1.82, 2.24) is 14.8 Å². The summed E-state index contributed by atoms with van der Waals surface area (Å²) in [4.78, 5) is 21.9. The Hall–Kier alpha value is -3.21. The van der Waals surface area contributed by atoms with Crippen LogP contribution in [0.3, 0.4) is 0 Å². The van der Waals surface area contributed by atoms with E-state index in [1.54, 1.807) is 23.7 Å². The summed E-state index contributed by atoms with van der Waals surface area (Å²) >= 11 is 1.13. The van der Waals surface area contributed by atoms with Crippen LogP contribution in [-0.4, -0.2) is 31.3 Å². The molecule has 0 aliphatic heterocycles. The molecule has 1 N–H and O–H groups in total. The molecule has 0 atom stereocenters. The number of benzene rings is 1. The summed E-state index contributed by atoms with van der Waals surface area (Å²) in [5.74, 6) is -0.317. The summed E-state index contributed by atoms with van der Waals surface area (Å²) in [6.45, 7) is 0. The lowest BCUT2D eigenvalue weighted by Crippen LogP contribution is -2.14. The van der Waals surface area contributed by atoms with Crippen molar-refractivity contribution in [3.8, 4) is 11.6 Å². The summed E-state index contributed by atoms with van der Waals surface area (Å²) in [5.41, 5.74) is -0.565. The van der Waals surface area contributed by atoms with E-state index < -0.39 is 22.3 Å². The Morgan fingerprint density at radius 2 is 2.23 bits per heavy atom. The Kier molecular flexibility index (Phi) is 4.98. The van der Waals surface area contributed by atoms with Gasteiger partial charge in [-0.3, -0.25) is 14.9 Å². The van der Waals surface area contributed by atoms with Gasteiger partial charge in [-0.05, 0) is 24.3 Å². The number of nitro groups is 1. The molecule has 0 unspecified atom stereocenters. The van der Waals surface area contributed by atoms with Crippen LogP contribution >= 0.6 is 11.8 Å². The van der Waals surface area contributed by atoms with Crippen LogP contribution in [0.25, 0.3) is 11.6 Å². The van der Waals surface area contributed by atoms with Crippen LogP contribution in [0.1, 0.15) is 0 Å². The van der Waals surface area contributed by atoms with Gasteiger partial charge in [0.2, 0.25) is 11.7 Å². The first-order valence-electron chi connectivity index (χ1n) is 7.25. The van der Waals surface area contributed by atoms with Crippen molar-refractivity contribution in [2.45, 2.75) is 5.16 Å². The molecule has 0 aliphatic carbocycles. The van der Waals surface area contributed by atoms with Crippen LogP contribution in [0.15, 0.2) is 46.2 Å². The molecule has 0 radical (unpaired) electrons. The predicted octanol–water partition coefficient (Wildman–Crippen LogP) is 2.85. The quantitative estimate of drug-likeness (QED) is 0.399. The molecule has 0 fully saturated rings. The average molecular weight is 377 g/mol. The Labute approximate surface area is 150 Å². The highest BCUT2D eigenvalue weighted by atomic mass is 32.2. The number of carbonyl (C=O) groups excluding carboxylic acids is 1. The summed E-state index contributed by atoms with van der Waals surface area (Å²) in [6, 6.07) is 6.62. The average Bonchev–Trinajstić information content (AvgIpc) is 3.24. The van der Waals surface area contributed by atoms with Gasteiger partial charge in [0, 0.05) is 18.8 Å². The Morgan fingerprint density at radius 3 is 2.92 bits per heavy atom. The van der Waals surface area contributed by atoms with Gasteiger partial charge >= 0.3 is 5.69 Å². The third kappa shape index (κ3) is 3.72. The number of nitrogens with zero attached hydrogens (tertiary/aromatic N) is 4. The van der Waals surface area contributed by atoms with Gasteiger partial charge in [-0.15, -0.1) is 10.2 Å². The Morgan fingerprint density at radius 1 is 1.42 bits per heavy atom. The molecular formula is C15H12FN5O4S. The zero-order valence-electron chi connectivity index (χ0n) is 13.4. The van der Waals surface area contributed by atoms with E-state index in [0.29, 0.717) is 16.7 Å². The molecule has 26 heavy (non-hydrogen) atoms. The molecule has 0 saturated carbocycles. The maximum absolute atomic E-state index is 13.3. The summed E-state index contributed by atoms with van der Waals surface area (Å²) in [6.07, 6.45) is 1.52. The van der Waals surface area contributed by atoms with E-state index in [0.717, 1.165) is 23.9 Å². The van der Waals surface area contributed by atoms with Gasteiger partial charge in [-0.1, -0.05) is 11.8 Å². The summed E-state index contributed by atoms with van der Waals surface area (Å²) in [5, 5.41) is 21.7. The molecule has 1 aromatic carbocycles. The number of amides is 1. The molecule has 11 heteroatoms. The Bertz CT molecular complexity index is 957. The van der Waals surface area contributed by atoms with Gasteiger partial charge in [0.05, 0.1) is 16.9 Å². The van der Waals surface area contributed by atoms with E-state index >= 15 is 0 Å². The van der Waals surface area contributed by atoms with E-state index in [1.165, 1.54) is 12.3 Å². The van der Waals surface area contributed by atoms with Crippen LogP contribution in [-0.2, 0) is 11.8 Å². The molecule has 0 aliphatic rings. The molecule has 2 aromatic heterocycles. The number of rotatable bonds is 6. The highest BCUT2D eigenvalue weighted by molar-refractivity contribution is 7.99. The molecule has 0 bridgehead atoms. The topological polar surface area (TPSA) is 116 Å². The number of nitro benzene ring substituents is 1. The number of thioether (sulfide) groups is 1. The number of aromatic nitrogens is 3. The van der Waals surface area contributed by atoms with Crippen molar-refractivity contribution in [2.75, 3.05) is 11.1 Å². The maximum atomic E-state index is 13.3. The lowest BCUT2D eigenvalue weighted by Gasteiger charge is -2.05. The molecule has 0 saturated heterocycles. The number of halogens is 1. The fraction of sp³-hybridized carbons (Fsp3) is 0.133. The Balaban J connectivity index is 1.63. The highest BCUT2D eigenvalue weighted by Gasteiger charge is 2.17. The van der Waals surface area contributed by atoms with Crippen LogP contribution in [0.4, 0.5) is 15.8 Å². The number of furan rings is 1. The van der Waals surface area contributed by atoms with Crippen molar-refractivity contribution in [1.29, 1.82) is 0 Å². The van der Waals surface area contributed by atoms with Crippen molar-refractivity contribution >= 4 is 29.0 Å². The molecule has 3 aromatic rings. The minimum atomic E-state index is -0.966. The monoisotopic (exact) mass is 377 g/mol. The van der Waals surface area contributed by atoms with E-state index in [9.17, 15) is 19.3 Å². The zero-order valence-corrected chi connectivity index (χ0v) is 14.2. The first-order valence-corrected chi connectivity index (χ1v) is 8.24. The van der Waals surface area contributed by atoms with E-state index in [2.05, 4.69) is 15.5 Å². The molecule has 9 nitrogen and oxygen atoms in total. The maximum Gasteiger partial charge on any atom is 0.306 e. The molecule has 2 heterocycles. The lowest BCUT2D eigenvalue weighted by atomic mass is 10.2. The number of hydrogen-bond acceptors (Lipinski definition) is 7. The molecule has 134 valence electrons. The molecule has 1 amide bonds. The highest BCUT2D eigenvalue weighted by Crippen LogP contribution is 2.24. The third-order valence-corrected chi connectivity index (χ3v) is 4.36. The summed E-state index contributed by atoms with van der Waals surface area (Å²) in [7, 11) is 1.74. The zero-order chi connectivity index (χ0) is 18.7. The van der Waals surface area contributed by atoms with E-state index in [1.807, 2.05) is 0 Å². The van der Waals surface area contributed by atoms with Gasteiger partial charge < -0.3 is 14.3 Å². The number of hydrogen-bond donors (Lipinski definition) is 1. The summed E-state index contributed by atoms with van der Waals surface area (Å²) < 4.78 is 20.2. The largest absolute Gasteiger partial charge is 0.461 e. The fourth-order valence-corrected chi connectivity index (χ4v) is 2.83. The van der Waals surface area contributed by atoms with Crippen LogP contribution in [0, 0.1) is 15.9 Å². The van der Waals surface area contributed by atoms with Gasteiger partial charge in [0.25, 0.3) is 0 Å². The third-order valence-electron chi connectivity index (χ3n) is 3.34. The minimum absolute atomic E-state index is 0.00466. The second-order valence-corrected chi connectivity index (χ2v) is 6.05. The smallest absolute Gasteiger partial charge is 0.306 e. The molecular weight excluding hydrogens is 365 g/mol. The molecule has 0 spiro atoms. The van der Waals surface area contributed by atoms with Crippen molar-refractivity contribution in [2.24, 2.45) is 7.05 Å². The van der Waals surface area contributed by atoms with Crippen LogP contribution in [0.2, 0.25) is 0 Å². The number of nitrogens with one attached hydrogen (secondary N) is 1. The SMILES string of the molecule is Cn1c(SCC(=O)Nc2ccc(F)c([N+](=O)[O-])c2)nnc1-c1ccco1.